The van der Waals surface area contributed by atoms with E-state index in [0.717, 1.165) is 12.8 Å². The smallest absolute Gasteiger partial charge is 0.306 e. The molecule has 2 atom stereocenters. The van der Waals surface area contributed by atoms with Crippen LogP contribution in [0.1, 0.15) is 84.0 Å². The van der Waals surface area contributed by atoms with Gasteiger partial charge in [-0.05, 0) is 12.8 Å². The Kier molecular flexibility index (Phi) is 15.0. The Morgan fingerprint density at radius 2 is 1.46 bits per heavy atom. The normalized spacial score (nSPS) is 14.3. The van der Waals surface area contributed by atoms with Crippen molar-refractivity contribution in [2.75, 3.05) is 34.3 Å². The summed E-state index contributed by atoms with van der Waals surface area (Å²) in [5.74, 6) is -0.835. The fraction of sp³-hybridized carbons (Fsp3) is 0.952. The second-order valence-electron chi connectivity index (χ2n) is 8.62. The standard InChI is InChI=1S/C21H43NO4/c1-5-6-7-8-9-10-11-12-13-14-19(23)15-16-26-20(17-21(24)25)18-22(2,3)4/h19-20,23H,5-18H2,1-4H3/p+1/t19?,20-/m1/s1. The summed E-state index contributed by atoms with van der Waals surface area (Å²) in [5.41, 5.74) is 0. The van der Waals surface area contributed by atoms with Crippen LogP contribution in [0.15, 0.2) is 0 Å². The lowest BCUT2D eigenvalue weighted by Gasteiger charge is -2.28. The van der Waals surface area contributed by atoms with Gasteiger partial charge in [-0.25, -0.2) is 0 Å². The first-order valence-corrected chi connectivity index (χ1v) is 10.6. The topological polar surface area (TPSA) is 66.8 Å². The van der Waals surface area contributed by atoms with Gasteiger partial charge in [0.1, 0.15) is 12.6 Å². The zero-order valence-electron chi connectivity index (χ0n) is 17.7. The first-order valence-electron chi connectivity index (χ1n) is 10.6. The van der Waals surface area contributed by atoms with Crippen molar-refractivity contribution in [3.05, 3.63) is 0 Å². The Bertz CT molecular complexity index is 341. The molecule has 0 aliphatic carbocycles. The summed E-state index contributed by atoms with van der Waals surface area (Å²) in [4.78, 5) is 11.0. The van der Waals surface area contributed by atoms with E-state index >= 15 is 0 Å². The first-order chi connectivity index (χ1) is 12.2. The molecule has 2 N–H and O–H groups in total. The van der Waals surface area contributed by atoms with Crippen molar-refractivity contribution >= 4 is 5.97 Å². The Morgan fingerprint density at radius 1 is 0.923 bits per heavy atom. The largest absolute Gasteiger partial charge is 0.481 e. The highest BCUT2D eigenvalue weighted by molar-refractivity contribution is 5.67. The monoisotopic (exact) mass is 374 g/mol. The molecule has 0 bridgehead atoms. The third-order valence-electron chi connectivity index (χ3n) is 4.60. The zero-order valence-corrected chi connectivity index (χ0v) is 17.7. The van der Waals surface area contributed by atoms with E-state index in [2.05, 4.69) is 6.92 Å². The van der Waals surface area contributed by atoms with Gasteiger partial charge < -0.3 is 19.4 Å². The number of aliphatic carboxylic acids is 1. The van der Waals surface area contributed by atoms with E-state index < -0.39 is 5.97 Å². The van der Waals surface area contributed by atoms with Crippen LogP contribution in [-0.4, -0.2) is 67.2 Å². The molecule has 0 aromatic rings. The van der Waals surface area contributed by atoms with E-state index in [0.29, 0.717) is 24.1 Å². The molecule has 0 fully saturated rings. The average molecular weight is 375 g/mol. The van der Waals surface area contributed by atoms with Crippen molar-refractivity contribution in [3.8, 4) is 0 Å². The highest BCUT2D eigenvalue weighted by Crippen LogP contribution is 2.13. The summed E-state index contributed by atoms with van der Waals surface area (Å²) < 4.78 is 6.40. The molecule has 0 rings (SSSR count). The highest BCUT2D eigenvalue weighted by Gasteiger charge is 2.21. The van der Waals surface area contributed by atoms with Crippen molar-refractivity contribution in [1.82, 2.24) is 0 Å². The average Bonchev–Trinajstić information content (AvgIpc) is 2.51. The van der Waals surface area contributed by atoms with Crippen molar-refractivity contribution in [2.24, 2.45) is 0 Å². The molecular weight excluding hydrogens is 330 g/mol. The molecule has 0 aromatic heterocycles. The molecule has 0 radical (unpaired) electrons. The van der Waals surface area contributed by atoms with Gasteiger partial charge in [0.2, 0.25) is 0 Å². The summed E-state index contributed by atoms with van der Waals surface area (Å²) in [7, 11) is 6.07. The molecule has 0 aliphatic heterocycles. The second kappa shape index (κ2) is 15.4. The molecule has 0 amide bonds. The number of aliphatic hydroxyl groups is 1. The number of likely N-dealkylation sites (N-methyl/N-ethyl adjacent to an activating group) is 1. The lowest BCUT2D eigenvalue weighted by molar-refractivity contribution is -0.873. The Labute approximate surface area is 161 Å². The van der Waals surface area contributed by atoms with E-state index in [1.54, 1.807) is 0 Å². The van der Waals surface area contributed by atoms with Crippen LogP contribution in [0.4, 0.5) is 0 Å². The van der Waals surface area contributed by atoms with Gasteiger partial charge >= 0.3 is 5.97 Å². The van der Waals surface area contributed by atoms with E-state index in [9.17, 15) is 9.90 Å². The van der Waals surface area contributed by atoms with Gasteiger partial charge in [-0.1, -0.05) is 64.7 Å². The minimum absolute atomic E-state index is 0.0177. The van der Waals surface area contributed by atoms with Crippen LogP contribution >= 0.6 is 0 Å². The number of hydrogen-bond acceptors (Lipinski definition) is 3. The Morgan fingerprint density at radius 3 is 1.96 bits per heavy atom. The molecule has 26 heavy (non-hydrogen) atoms. The van der Waals surface area contributed by atoms with Gasteiger partial charge in [0, 0.05) is 6.61 Å². The van der Waals surface area contributed by atoms with Crippen LogP contribution in [-0.2, 0) is 9.53 Å². The maximum absolute atomic E-state index is 11.0. The van der Waals surface area contributed by atoms with Gasteiger partial charge in [-0.2, -0.15) is 0 Å². The minimum Gasteiger partial charge on any atom is -0.481 e. The SMILES string of the molecule is CCCCCCCCCCCC(O)CCO[C@H](CC(=O)O)C[N+](C)(C)C. The fourth-order valence-corrected chi connectivity index (χ4v) is 3.19. The summed E-state index contributed by atoms with van der Waals surface area (Å²) in [5, 5.41) is 19.1. The van der Waals surface area contributed by atoms with Gasteiger partial charge in [-0.3, -0.25) is 4.79 Å². The second-order valence-corrected chi connectivity index (χ2v) is 8.62. The number of rotatable bonds is 18. The van der Waals surface area contributed by atoms with Crippen LogP contribution in [0.5, 0.6) is 0 Å². The number of carboxylic acid groups (broad SMARTS) is 1. The number of nitrogens with zero attached hydrogens (tertiary/aromatic N) is 1. The molecule has 156 valence electrons. The quantitative estimate of drug-likeness (QED) is 0.278. The zero-order chi connectivity index (χ0) is 19.8. The molecule has 1 unspecified atom stereocenters. The highest BCUT2D eigenvalue weighted by atomic mass is 16.5. The van der Waals surface area contributed by atoms with E-state index in [4.69, 9.17) is 9.84 Å². The Hall–Kier alpha value is -0.650. The van der Waals surface area contributed by atoms with E-state index in [1.165, 1.54) is 51.4 Å². The first kappa shape index (κ1) is 25.4. The molecule has 5 nitrogen and oxygen atoms in total. The van der Waals surface area contributed by atoms with Gasteiger partial charge in [-0.15, -0.1) is 0 Å². The van der Waals surface area contributed by atoms with Gasteiger partial charge in [0.25, 0.3) is 0 Å². The van der Waals surface area contributed by atoms with Gasteiger partial charge in [0.15, 0.2) is 0 Å². The number of carboxylic acids is 1. The molecule has 0 aliphatic rings. The number of ether oxygens (including phenoxy) is 1. The number of hydrogen-bond donors (Lipinski definition) is 2. The van der Waals surface area contributed by atoms with E-state index in [1.807, 2.05) is 21.1 Å². The summed E-state index contributed by atoms with van der Waals surface area (Å²) >= 11 is 0. The van der Waals surface area contributed by atoms with Crippen LogP contribution in [0.25, 0.3) is 0 Å². The molecule has 0 saturated heterocycles. The summed E-state index contributed by atoms with van der Waals surface area (Å²) in [6, 6.07) is 0. The van der Waals surface area contributed by atoms with Crippen LogP contribution in [0.3, 0.4) is 0 Å². The van der Waals surface area contributed by atoms with Gasteiger partial charge in [0.05, 0.1) is 33.7 Å². The van der Waals surface area contributed by atoms with Crippen molar-refractivity contribution < 1.29 is 24.2 Å². The van der Waals surface area contributed by atoms with Crippen LogP contribution < -0.4 is 0 Å². The lowest BCUT2D eigenvalue weighted by Crippen LogP contribution is -2.43. The molecule has 0 spiro atoms. The molecule has 0 saturated carbocycles. The van der Waals surface area contributed by atoms with Crippen molar-refractivity contribution in [1.29, 1.82) is 0 Å². The Balaban J connectivity index is 3.70. The number of carbonyl (C=O) groups is 1. The third kappa shape index (κ3) is 18.2. The minimum atomic E-state index is -0.835. The maximum Gasteiger partial charge on any atom is 0.306 e. The third-order valence-corrected chi connectivity index (χ3v) is 4.60. The molecular formula is C21H44NO4+. The molecule has 0 aromatic carbocycles. The maximum atomic E-state index is 11.0. The van der Waals surface area contributed by atoms with Crippen LogP contribution in [0.2, 0.25) is 0 Å². The lowest BCUT2D eigenvalue weighted by atomic mass is 10.0. The molecule has 5 heteroatoms. The molecule has 0 heterocycles. The van der Waals surface area contributed by atoms with Crippen molar-refractivity contribution in [3.63, 3.8) is 0 Å². The number of aliphatic hydroxyl groups excluding tert-OH is 1. The fourth-order valence-electron chi connectivity index (χ4n) is 3.19. The predicted molar refractivity (Wildman–Crippen MR) is 107 cm³/mol. The van der Waals surface area contributed by atoms with Crippen molar-refractivity contribution in [2.45, 2.75) is 96.2 Å². The number of unbranched alkanes of at least 4 members (excludes halogenated alkanes) is 8. The summed E-state index contributed by atoms with van der Waals surface area (Å²) in [6.07, 6.45) is 12.3. The summed E-state index contributed by atoms with van der Waals surface area (Å²) in [6.45, 7) is 3.32. The van der Waals surface area contributed by atoms with Crippen LogP contribution in [0, 0.1) is 0 Å². The predicted octanol–water partition coefficient (Wildman–Crippen LogP) is 4.22. The number of quaternary nitrogens is 1. The van der Waals surface area contributed by atoms with E-state index in [-0.39, 0.29) is 18.6 Å².